The van der Waals surface area contributed by atoms with Gasteiger partial charge in [-0.2, -0.15) is 0 Å². The van der Waals surface area contributed by atoms with E-state index in [0.29, 0.717) is 6.04 Å². The third-order valence-electron chi connectivity index (χ3n) is 5.40. The molecule has 1 saturated carbocycles. The van der Waals surface area contributed by atoms with Crippen LogP contribution in [0.15, 0.2) is 24.3 Å². The maximum absolute atomic E-state index is 6.65. The highest BCUT2D eigenvalue weighted by Gasteiger charge is 2.28. The van der Waals surface area contributed by atoms with Gasteiger partial charge in [-0.1, -0.05) is 30.7 Å². The van der Waals surface area contributed by atoms with E-state index in [0.717, 1.165) is 19.0 Å². The summed E-state index contributed by atoms with van der Waals surface area (Å²) in [5.74, 6) is 0.784. The van der Waals surface area contributed by atoms with Crippen LogP contribution in [0.1, 0.15) is 48.8 Å². The first-order chi connectivity index (χ1) is 10.1. The Kier molecular flexibility index (Phi) is 4.63. The summed E-state index contributed by atoms with van der Waals surface area (Å²) >= 11 is 0. The fourth-order valence-corrected chi connectivity index (χ4v) is 3.68. The van der Waals surface area contributed by atoms with Crippen LogP contribution in [0.4, 0.5) is 0 Å². The first-order valence-electron chi connectivity index (χ1n) is 8.39. The Bertz CT molecular complexity index is 469. The maximum Gasteiger partial charge on any atom is 0.0465 e. The van der Waals surface area contributed by atoms with Crippen LogP contribution in [0.5, 0.6) is 0 Å². The number of benzene rings is 1. The molecular weight excluding hydrogens is 258 g/mol. The van der Waals surface area contributed by atoms with Crippen LogP contribution in [0, 0.1) is 0 Å². The van der Waals surface area contributed by atoms with Crippen molar-refractivity contribution in [3.05, 3.63) is 35.4 Å². The molecule has 0 radical (unpaired) electrons. The fourth-order valence-electron chi connectivity index (χ4n) is 3.68. The van der Waals surface area contributed by atoms with Gasteiger partial charge in [-0.15, -0.1) is 0 Å². The lowest BCUT2D eigenvalue weighted by atomic mass is 9.79. The molecule has 0 aromatic heterocycles. The standard InChI is InChI=1S/C18H29N3/c1-20-10-5-11-21(2)17(13-20)18(19)16-9-4-8-15(12-16)14-6-3-7-14/h4,8-9,12,14,17-18H,3,5-7,10-11,13,19H2,1-2H3. The highest BCUT2D eigenvalue weighted by Crippen LogP contribution is 2.37. The summed E-state index contributed by atoms with van der Waals surface area (Å²) in [4.78, 5) is 4.87. The molecule has 1 aromatic carbocycles. The Morgan fingerprint density at radius 3 is 2.67 bits per heavy atom. The number of nitrogens with two attached hydrogens (primary N) is 1. The lowest BCUT2D eigenvalue weighted by Gasteiger charge is -2.33. The van der Waals surface area contributed by atoms with Gasteiger partial charge < -0.3 is 15.5 Å². The van der Waals surface area contributed by atoms with Crippen LogP contribution < -0.4 is 5.73 Å². The Labute approximate surface area is 129 Å². The summed E-state index contributed by atoms with van der Waals surface area (Å²) < 4.78 is 0. The van der Waals surface area contributed by atoms with Crippen LogP contribution in [-0.2, 0) is 0 Å². The van der Waals surface area contributed by atoms with E-state index in [9.17, 15) is 0 Å². The number of nitrogens with zero attached hydrogens (tertiary/aromatic N) is 2. The smallest absolute Gasteiger partial charge is 0.0465 e. The molecule has 1 aliphatic heterocycles. The van der Waals surface area contributed by atoms with E-state index < -0.39 is 0 Å². The van der Waals surface area contributed by atoms with E-state index in [-0.39, 0.29) is 6.04 Å². The summed E-state index contributed by atoms with van der Waals surface area (Å²) in [5, 5.41) is 0. The molecular formula is C18H29N3. The number of hydrogen-bond acceptors (Lipinski definition) is 3. The molecule has 3 rings (SSSR count). The molecule has 1 heterocycles. The minimum Gasteiger partial charge on any atom is -0.323 e. The van der Waals surface area contributed by atoms with Crippen LogP contribution in [-0.4, -0.2) is 49.6 Å². The van der Waals surface area contributed by atoms with E-state index in [1.54, 1.807) is 0 Å². The van der Waals surface area contributed by atoms with Gasteiger partial charge in [0.05, 0.1) is 0 Å². The predicted octanol–water partition coefficient (Wildman–Crippen LogP) is 2.59. The molecule has 2 fully saturated rings. The number of rotatable bonds is 3. The first-order valence-corrected chi connectivity index (χ1v) is 8.39. The molecule has 3 nitrogen and oxygen atoms in total. The maximum atomic E-state index is 6.65. The van der Waals surface area contributed by atoms with Crippen molar-refractivity contribution in [1.29, 1.82) is 0 Å². The quantitative estimate of drug-likeness (QED) is 0.927. The Morgan fingerprint density at radius 2 is 1.95 bits per heavy atom. The van der Waals surface area contributed by atoms with Gasteiger partial charge in [0.2, 0.25) is 0 Å². The van der Waals surface area contributed by atoms with Crippen molar-refractivity contribution >= 4 is 0 Å². The normalized spacial score (nSPS) is 27.1. The molecule has 1 saturated heterocycles. The van der Waals surface area contributed by atoms with Crippen molar-refractivity contribution in [1.82, 2.24) is 9.80 Å². The zero-order valence-electron chi connectivity index (χ0n) is 13.5. The molecule has 21 heavy (non-hydrogen) atoms. The van der Waals surface area contributed by atoms with Gasteiger partial charge in [0, 0.05) is 18.6 Å². The largest absolute Gasteiger partial charge is 0.323 e. The molecule has 3 heteroatoms. The number of likely N-dealkylation sites (N-methyl/N-ethyl adjacent to an activating group) is 2. The summed E-state index contributed by atoms with van der Waals surface area (Å²) in [6.07, 6.45) is 5.32. The van der Waals surface area contributed by atoms with Crippen molar-refractivity contribution < 1.29 is 0 Å². The lowest BCUT2D eigenvalue weighted by Crippen LogP contribution is -2.45. The Balaban J connectivity index is 1.77. The van der Waals surface area contributed by atoms with Crippen molar-refractivity contribution in [2.75, 3.05) is 33.7 Å². The highest BCUT2D eigenvalue weighted by atomic mass is 15.2. The van der Waals surface area contributed by atoms with E-state index in [4.69, 9.17) is 5.73 Å². The third kappa shape index (κ3) is 3.31. The monoisotopic (exact) mass is 287 g/mol. The van der Waals surface area contributed by atoms with Gasteiger partial charge >= 0.3 is 0 Å². The van der Waals surface area contributed by atoms with Gasteiger partial charge in [0.25, 0.3) is 0 Å². The topological polar surface area (TPSA) is 32.5 Å². The second-order valence-corrected chi connectivity index (χ2v) is 6.99. The average Bonchev–Trinajstić information content (AvgIpc) is 2.58. The summed E-state index contributed by atoms with van der Waals surface area (Å²) in [5.41, 5.74) is 9.46. The van der Waals surface area contributed by atoms with Crippen LogP contribution in [0.25, 0.3) is 0 Å². The summed E-state index contributed by atoms with van der Waals surface area (Å²) in [6.45, 7) is 3.38. The van der Waals surface area contributed by atoms with Crippen LogP contribution in [0.3, 0.4) is 0 Å². The van der Waals surface area contributed by atoms with E-state index >= 15 is 0 Å². The third-order valence-corrected chi connectivity index (χ3v) is 5.40. The van der Waals surface area contributed by atoms with Gasteiger partial charge in [0.1, 0.15) is 0 Å². The second-order valence-electron chi connectivity index (χ2n) is 6.99. The molecule has 0 amide bonds. The van der Waals surface area contributed by atoms with Crippen molar-refractivity contribution in [3.8, 4) is 0 Å². The molecule has 1 aromatic rings. The SMILES string of the molecule is CN1CCCN(C)C(C(N)c2cccc(C3CCC3)c2)C1. The highest BCUT2D eigenvalue weighted by molar-refractivity contribution is 5.30. The first kappa shape index (κ1) is 15.0. The minimum absolute atomic E-state index is 0.107. The van der Waals surface area contributed by atoms with Gasteiger partial charge in [-0.25, -0.2) is 0 Å². The molecule has 2 N–H and O–H groups in total. The Hall–Kier alpha value is -0.900. The molecule has 2 atom stereocenters. The van der Waals surface area contributed by atoms with Gasteiger partial charge in [-0.3, -0.25) is 0 Å². The van der Waals surface area contributed by atoms with Gasteiger partial charge in [-0.05, 0) is 63.5 Å². The Morgan fingerprint density at radius 1 is 1.14 bits per heavy atom. The van der Waals surface area contributed by atoms with E-state index in [1.807, 2.05) is 0 Å². The summed E-state index contributed by atoms with van der Waals surface area (Å²) in [6, 6.07) is 9.58. The molecule has 2 unspecified atom stereocenters. The van der Waals surface area contributed by atoms with E-state index in [2.05, 4.69) is 48.2 Å². The zero-order chi connectivity index (χ0) is 14.8. The molecule has 0 spiro atoms. The second kappa shape index (κ2) is 6.47. The zero-order valence-corrected chi connectivity index (χ0v) is 13.5. The molecule has 0 bridgehead atoms. The average molecular weight is 287 g/mol. The van der Waals surface area contributed by atoms with Crippen molar-refractivity contribution in [2.45, 2.75) is 43.7 Å². The summed E-state index contributed by atoms with van der Waals surface area (Å²) in [7, 11) is 4.43. The van der Waals surface area contributed by atoms with Crippen LogP contribution in [0.2, 0.25) is 0 Å². The predicted molar refractivity (Wildman–Crippen MR) is 88.5 cm³/mol. The fraction of sp³-hybridized carbons (Fsp3) is 0.667. The molecule has 116 valence electrons. The molecule has 2 aliphatic rings. The van der Waals surface area contributed by atoms with E-state index in [1.165, 1.54) is 43.4 Å². The minimum atomic E-state index is 0.107. The van der Waals surface area contributed by atoms with Crippen molar-refractivity contribution in [2.24, 2.45) is 5.73 Å². The lowest BCUT2D eigenvalue weighted by molar-refractivity contribution is 0.196. The molecule has 1 aliphatic carbocycles. The van der Waals surface area contributed by atoms with Gasteiger partial charge in [0.15, 0.2) is 0 Å². The van der Waals surface area contributed by atoms with Crippen LogP contribution >= 0.6 is 0 Å². The van der Waals surface area contributed by atoms with Crippen molar-refractivity contribution in [3.63, 3.8) is 0 Å². The number of hydrogen-bond donors (Lipinski definition) is 1.